The van der Waals surface area contributed by atoms with E-state index in [1.807, 2.05) is 0 Å². The smallest absolute Gasteiger partial charge is 0.323 e. The number of halogens is 2. The van der Waals surface area contributed by atoms with Crippen LogP contribution in [0.1, 0.15) is 6.92 Å². The molecule has 1 aromatic heterocycles. The Morgan fingerprint density at radius 1 is 1.53 bits per heavy atom. The summed E-state index contributed by atoms with van der Waals surface area (Å²) in [5.41, 5.74) is 0. The van der Waals surface area contributed by atoms with Gasteiger partial charge in [-0.15, -0.1) is 11.3 Å². The van der Waals surface area contributed by atoms with Crippen LogP contribution in [0.15, 0.2) is 18.5 Å². The number of sulfonamides is 1. The van der Waals surface area contributed by atoms with E-state index in [1.165, 1.54) is 31.4 Å². The molecule has 0 aromatic carbocycles. The van der Waals surface area contributed by atoms with Crippen molar-refractivity contribution in [3.05, 3.63) is 13.6 Å². The van der Waals surface area contributed by atoms with Gasteiger partial charge < -0.3 is 4.74 Å². The van der Waals surface area contributed by atoms with Crippen LogP contribution in [0.25, 0.3) is 0 Å². The Morgan fingerprint density at radius 2 is 2.12 bits per heavy atom. The highest BCUT2D eigenvalue weighted by Gasteiger charge is 2.25. The van der Waals surface area contributed by atoms with E-state index in [1.54, 1.807) is 0 Å². The van der Waals surface area contributed by atoms with E-state index in [0.717, 1.165) is 0 Å². The zero-order chi connectivity index (χ0) is 13.2. The summed E-state index contributed by atoms with van der Waals surface area (Å²) in [6.45, 7) is 1.42. The maximum absolute atomic E-state index is 11.9. The molecule has 1 unspecified atom stereocenters. The van der Waals surface area contributed by atoms with Crippen LogP contribution in [0.5, 0.6) is 0 Å². The fourth-order valence-electron chi connectivity index (χ4n) is 1.03. The molecule has 0 spiro atoms. The van der Waals surface area contributed by atoms with Gasteiger partial charge in [0, 0.05) is 0 Å². The SMILES string of the molecule is COC(=O)C(C)NS(=O)(=O)c1cc(Br)sc1Br. The second-order valence-electron chi connectivity index (χ2n) is 3.05. The molecule has 0 fully saturated rings. The average Bonchev–Trinajstić information content (AvgIpc) is 2.56. The van der Waals surface area contributed by atoms with Crippen LogP contribution >= 0.6 is 43.2 Å². The van der Waals surface area contributed by atoms with Gasteiger partial charge in [0.05, 0.1) is 14.7 Å². The molecule has 96 valence electrons. The number of esters is 1. The third-order valence-corrected chi connectivity index (χ3v) is 6.10. The quantitative estimate of drug-likeness (QED) is 0.777. The molecule has 9 heteroatoms. The first-order valence-corrected chi connectivity index (χ1v) is 8.21. The number of hydrogen-bond donors (Lipinski definition) is 1. The third kappa shape index (κ3) is 3.75. The van der Waals surface area contributed by atoms with Gasteiger partial charge in [-0.2, -0.15) is 4.72 Å². The molecule has 1 N–H and O–H groups in total. The Kier molecular flexibility index (Phi) is 5.14. The van der Waals surface area contributed by atoms with Crippen molar-refractivity contribution in [1.82, 2.24) is 4.72 Å². The lowest BCUT2D eigenvalue weighted by Gasteiger charge is -2.11. The summed E-state index contributed by atoms with van der Waals surface area (Å²) in [6, 6.07) is 0.525. The molecule has 0 bridgehead atoms. The highest BCUT2D eigenvalue weighted by Crippen LogP contribution is 2.34. The summed E-state index contributed by atoms with van der Waals surface area (Å²) in [5.74, 6) is -0.640. The second kappa shape index (κ2) is 5.79. The summed E-state index contributed by atoms with van der Waals surface area (Å²) in [6.07, 6.45) is 0. The number of nitrogens with one attached hydrogen (secondary N) is 1. The minimum absolute atomic E-state index is 0.0881. The number of thiophene rings is 1. The lowest BCUT2D eigenvalue weighted by atomic mass is 10.4. The third-order valence-electron chi connectivity index (χ3n) is 1.80. The maximum atomic E-state index is 11.9. The number of rotatable bonds is 4. The minimum Gasteiger partial charge on any atom is -0.468 e. The minimum atomic E-state index is -3.74. The Balaban J connectivity index is 2.97. The molecule has 1 aromatic rings. The topological polar surface area (TPSA) is 72.5 Å². The van der Waals surface area contributed by atoms with Crippen LogP contribution in [0.2, 0.25) is 0 Å². The van der Waals surface area contributed by atoms with Gasteiger partial charge in [0.25, 0.3) is 0 Å². The van der Waals surface area contributed by atoms with Crippen molar-refractivity contribution in [2.45, 2.75) is 17.9 Å². The predicted molar refractivity (Wildman–Crippen MR) is 71.5 cm³/mol. The maximum Gasteiger partial charge on any atom is 0.323 e. The van der Waals surface area contributed by atoms with Gasteiger partial charge in [-0.1, -0.05) is 0 Å². The molecule has 0 aliphatic carbocycles. The Bertz CT molecular complexity index is 526. The van der Waals surface area contributed by atoms with Gasteiger partial charge in [0.15, 0.2) is 0 Å². The standard InChI is InChI=1S/C8H9Br2NO4S2/c1-4(8(12)15-2)11-17(13,14)5-3-6(9)16-7(5)10/h3-4,11H,1-2H3. The summed E-state index contributed by atoms with van der Waals surface area (Å²) in [5, 5.41) is 0. The van der Waals surface area contributed by atoms with Crippen LogP contribution in [-0.2, 0) is 19.6 Å². The van der Waals surface area contributed by atoms with Crippen molar-refractivity contribution in [2.75, 3.05) is 7.11 Å². The van der Waals surface area contributed by atoms with Crippen molar-refractivity contribution in [3.8, 4) is 0 Å². The molecule has 0 saturated heterocycles. The van der Waals surface area contributed by atoms with Crippen molar-refractivity contribution < 1.29 is 17.9 Å². The molecule has 0 aliphatic rings. The van der Waals surface area contributed by atoms with E-state index < -0.39 is 22.0 Å². The van der Waals surface area contributed by atoms with Crippen LogP contribution in [0.3, 0.4) is 0 Å². The first-order chi connectivity index (χ1) is 7.77. The van der Waals surface area contributed by atoms with Gasteiger partial charge in [0.1, 0.15) is 10.9 Å². The van der Waals surface area contributed by atoms with E-state index in [0.29, 0.717) is 7.57 Å². The summed E-state index contributed by atoms with van der Waals surface area (Å²) in [4.78, 5) is 11.2. The van der Waals surface area contributed by atoms with E-state index in [2.05, 4.69) is 41.3 Å². The largest absolute Gasteiger partial charge is 0.468 e. The molecule has 0 aliphatic heterocycles. The monoisotopic (exact) mass is 405 g/mol. The average molecular weight is 407 g/mol. The molecule has 1 rings (SSSR count). The molecular formula is C8H9Br2NO4S2. The van der Waals surface area contributed by atoms with Crippen LogP contribution in [-0.4, -0.2) is 27.5 Å². The number of hydrogen-bond acceptors (Lipinski definition) is 5. The molecule has 1 heterocycles. The molecular weight excluding hydrogens is 398 g/mol. The lowest BCUT2D eigenvalue weighted by Crippen LogP contribution is -2.39. The van der Waals surface area contributed by atoms with E-state index >= 15 is 0 Å². The van der Waals surface area contributed by atoms with Crippen molar-refractivity contribution in [2.24, 2.45) is 0 Å². The van der Waals surface area contributed by atoms with Gasteiger partial charge in [-0.25, -0.2) is 8.42 Å². The zero-order valence-corrected chi connectivity index (χ0v) is 13.7. The Labute approximate surface area is 120 Å². The molecule has 5 nitrogen and oxygen atoms in total. The number of carbonyl (C=O) groups is 1. The first-order valence-electron chi connectivity index (χ1n) is 4.33. The Hall–Kier alpha value is 0.0400. The van der Waals surface area contributed by atoms with E-state index in [-0.39, 0.29) is 4.90 Å². The van der Waals surface area contributed by atoms with Gasteiger partial charge >= 0.3 is 5.97 Å². The van der Waals surface area contributed by atoms with Gasteiger partial charge in [-0.3, -0.25) is 4.79 Å². The number of carbonyl (C=O) groups excluding carboxylic acids is 1. The zero-order valence-electron chi connectivity index (χ0n) is 8.86. The number of methoxy groups -OCH3 is 1. The van der Waals surface area contributed by atoms with E-state index in [4.69, 9.17) is 0 Å². The predicted octanol–water partition coefficient (Wildman–Crippen LogP) is 2.11. The van der Waals surface area contributed by atoms with E-state index in [9.17, 15) is 13.2 Å². The Morgan fingerprint density at radius 3 is 2.53 bits per heavy atom. The lowest BCUT2D eigenvalue weighted by molar-refractivity contribution is -0.142. The summed E-state index contributed by atoms with van der Waals surface area (Å²) < 4.78 is 31.7. The van der Waals surface area contributed by atoms with Crippen molar-refractivity contribution in [1.29, 1.82) is 0 Å². The summed E-state index contributed by atoms with van der Waals surface area (Å²) in [7, 11) is -2.54. The molecule has 17 heavy (non-hydrogen) atoms. The highest BCUT2D eigenvalue weighted by molar-refractivity contribution is 9.12. The molecule has 0 radical (unpaired) electrons. The highest BCUT2D eigenvalue weighted by atomic mass is 79.9. The first kappa shape index (κ1) is 15.1. The fraction of sp³-hybridized carbons (Fsp3) is 0.375. The van der Waals surface area contributed by atoms with Gasteiger partial charge in [0.2, 0.25) is 10.0 Å². The van der Waals surface area contributed by atoms with Gasteiger partial charge in [-0.05, 0) is 44.8 Å². The van der Waals surface area contributed by atoms with Crippen LogP contribution in [0.4, 0.5) is 0 Å². The second-order valence-corrected chi connectivity index (χ2v) is 8.49. The molecule has 0 amide bonds. The molecule has 0 saturated carbocycles. The number of ether oxygens (including phenoxy) is 1. The van der Waals surface area contributed by atoms with Crippen LogP contribution in [0, 0.1) is 0 Å². The van der Waals surface area contributed by atoms with Crippen LogP contribution < -0.4 is 4.72 Å². The van der Waals surface area contributed by atoms with Crippen molar-refractivity contribution in [3.63, 3.8) is 0 Å². The van der Waals surface area contributed by atoms with Crippen molar-refractivity contribution >= 4 is 59.2 Å². The fourth-order valence-corrected chi connectivity index (χ4v) is 6.03. The summed E-state index contributed by atoms with van der Waals surface area (Å²) >= 11 is 7.57. The molecule has 1 atom stereocenters. The normalized spacial score (nSPS) is 13.4.